The normalized spacial score (nSPS) is 36.0. The molecular weight excluding hydrogens is 467 g/mol. The molecule has 0 aliphatic carbocycles. The quantitative estimate of drug-likeness (QED) is 0.321. The van der Waals surface area contributed by atoms with E-state index in [0.29, 0.717) is 0 Å². The fraction of sp³-hybridized carbons (Fsp3) is 1.00. The number of hydrogen-bond acceptors (Lipinski definition) is 3. The van der Waals surface area contributed by atoms with Crippen LogP contribution in [0.4, 0.5) is 0 Å². The van der Waals surface area contributed by atoms with Crippen LogP contribution in [0.3, 0.4) is 0 Å². The van der Waals surface area contributed by atoms with Crippen molar-refractivity contribution in [2.75, 3.05) is 0 Å². The van der Waals surface area contributed by atoms with Gasteiger partial charge in [-0.15, -0.1) is 33.2 Å². The van der Waals surface area contributed by atoms with E-state index in [1.54, 1.807) is 0 Å². The van der Waals surface area contributed by atoms with Crippen molar-refractivity contribution in [3.63, 3.8) is 0 Å². The molecule has 0 atom stereocenters. The number of rotatable bonds is 6. The lowest BCUT2D eigenvalue weighted by molar-refractivity contribution is 0.510. The zero-order chi connectivity index (χ0) is 19.2. The standard InChI is InChI=1S/C12H33Cl3O3Si6/c1-19(2,13)16-22(7)10-23(8,17-20(3,4)14)12-24(9,11-22)18-21(5,6)15/h10-12H2,1-9H3. The van der Waals surface area contributed by atoms with Crippen molar-refractivity contribution in [2.24, 2.45) is 0 Å². The van der Waals surface area contributed by atoms with Gasteiger partial charge >= 0.3 is 0 Å². The molecule has 1 aliphatic rings. The molecule has 0 spiro atoms. The minimum absolute atomic E-state index is 1.06. The summed E-state index contributed by atoms with van der Waals surface area (Å²) in [6, 6.07) is 0. The smallest absolute Gasteiger partial charge is 0.274 e. The third-order valence-electron chi connectivity index (χ3n) is 3.71. The first kappa shape index (κ1) is 24.1. The average Bonchev–Trinajstić information content (AvgIpc) is 1.98. The average molecular weight is 500 g/mol. The van der Waals surface area contributed by atoms with Gasteiger partial charge in [-0.3, -0.25) is 0 Å². The summed E-state index contributed by atoms with van der Waals surface area (Å²) >= 11 is 19.7. The predicted octanol–water partition coefficient (Wildman–Crippen LogP) is 6.22. The van der Waals surface area contributed by atoms with E-state index in [9.17, 15) is 0 Å². The lowest BCUT2D eigenvalue weighted by Gasteiger charge is -2.52. The summed E-state index contributed by atoms with van der Waals surface area (Å²) in [6.45, 7) is 19.3. The molecule has 0 aromatic heterocycles. The van der Waals surface area contributed by atoms with Gasteiger partial charge in [0.05, 0.1) is 0 Å². The van der Waals surface area contributed by atoms with Crippen LogP contribution in [0.15, 0.2) is 0 Å². The van der Waals surface area contributed by atoms with E-state index in [0.717, 1.165) is 17.0 Å². The van der Waals surface area contributed by atoms with Crippen molar-refractivity contribution in [3.05, 3.63) is 0 Å². The molecule has 0 unspecified atom stereocenters. The van der Waals surface area contributed by atoms with Crippen LogP contribution in [-0.4, -0.2) is 47.8 Å². The predicted molar refractivity (Wildman–Crippen MR) is 123 cm³/mol. The zero-order valence-corrected chi connectivity index (χ0v) is 24.7. The Morgan fingerprint density at radius 3 is 0.833 bits per heavy atom. The maximum Gasteiger partial charge on any atom is 0.274 e. The van der Waals surface area contributed by atoms with E-state index < -0.39 is 47.8 Å². The van der Waals surface area contributed by atoms with Crippen LogP contribution in [0, 0.1) is 0 Å². The number of halogens is 3. The summed E-state index contributed by atoms with van der Waals surface area (Å²) in [4.78, 5) is 0. The van der Waals surface area contributed by atoms with Crippen molar-refractivity contribution in [1.82, 2.24) is 0 Å². The molecule has 0 aromatic rings. The van der Waals surface area contributed by atoms with Gasteiger partial charge in [-0.1, -0.05) is 0 Å². The minimum Gasteiger partial charge on any atom is -0.445 e. The Bertz CT molecular complexity index is 388. The molecule has 1 rings (SSSR count). The first-order chi connectivity index (χ1) is 10.2. The second-order valence-corrected chi connectivity index (χ2v) is 41.0. The van der Waals surface area contributed by atoms with Crippen LogP contribution in [0.25, 0.3) is 0 Å². The molecule has 144 valence electrons. The third kappa shape index (κ3) is 8.83. The SMILES string of the molecule is C[Si](C)(Cl)O[Si]1(C)C[Si](C)(O[Si](C)(C)Cl)C[Si](C)(O[Si](C)(C)Cl)C1. The summed E-state index contributed by atoms with van der Waals surface area (Å²) in [5.74, 6) is 0. The zero-order valence-electron chi connectivity index (χ0n) is 16.5. The third-order valence-corrected chi connectivity index (χ3v) is 35.5. The van der Waals surface area contributed by atoms with Crippen molar-refractivity contribution < 1.29 is 12.3 Å². The Morgan fingerprint density at radius 2 is 0.708 bits per heavy atom. The molecule has 0 N–H and O–H groups in total. The van der Waals surface area contributed by atoms with Crippen molar-refractivity contribution in [1.29, 1.82) is 0 Å². The topological polar surface area (TPSA) is 27.7 Å². The van der Waals surface area contributed by atoms with Gasteiger partial charge in [0.1, 0.15) is 0 Å². The van der Waals surface area contributed by atoms with E-state index in [4.69, 9.17) is 45.6 Å². The van der Waals surface area contributed by atoms with Gasteiger partial charge in [0.2, 0.25) is 0 Å². The summed E-state index contributed by atoms with van der Waals surface area (Å²) in [5.41, 5.74) is 3.17. The van der Waals surface area contributed by atoms with Crippen LogP contribution < -0.4 is 0 Å². The van der Waals surface area contributed by atoms with Gasteiger partial charge < -0.3 is 12.3 Å². The van der Waals surface area contributed by atoms with Crippen molar-refractivity contribution in [3.8, 4) is 0 Å². The molecule has 3 nitrogen and oxygen atoms in total. The van der Waals surface area contributed by atoms with E-state index in [1.807, 2.05) is 0 Å². The van der Waals surface area contributed by atoms with Crippen LogP contribution in [0.1, 0.15) is 0 Å². The van der Waals surface area contributed by atoms with Crippen LogP contribution in [-0.2, 0) is 12.3 Å². The lowest BCUT2D eigenvalue weighted by Crippen LogP contribution is -2.66. The largest absolute Gasteiger partial charge is 0.445 e. The summed E-state index contributed by atoms with van der Waals surface area (Å²) in [5, 5.41) is 0. The molecule has 1 aliphatic heterocycles. The van der Waals surface area contributed by atoms with E-state index in [2.05, 4.69) is 58.9 Å². The van der Waals surface area contributed by atoms with Gasteiger partial charge in [0, 0.05) is 0 Å². The summed E-state index contributed by atoms with van der Waals surface area (Å²) in [6.07, 6.45) is 0. The molecule has 0 aromatic carbocycles. The second kappa shape index (κ2) is 7.47. The lowest BCUT2D eigenvalue weighted by atomic mass is 11.7. The highest BCUT2D eigenvalue weighted by atomic mass is 35.6. The van der Waals surface area contributed by atoms with E-state index >= 15 is 0 Å². The highest BCUT2D eigenvalue weighted by Crippen LogP contribution is 2.45. The summed E-state index contributed by atoms with van der Waals surface area (Å²) in [7, 11) is -12.4. The Hall–Kier alpha value is 2.05. The maximum absolute atomic E-state index is 6.58. The summed E-state index contributed by atoms with van der Waals surface area (Å²) < 4.78 is 19.8. The van der Waals surface area contributed by atoms with Gasteiger partial charge in [0.25, 0.3) is 22.9 Å². The molecular formula is C12H33Cl3O3Si6. The molecule has 12 heteroatoms. The molecule has 0 radical (unpaired) electrons. The monoisotopic (exact) mass is 498 g/mol. The van der Waals surface area contributed by atoms with Crippen LogP contribution >= 0.6 is 33.2 Å². The fourth-order valence-electron chi connectivity index (χ4n) is 4.53. The molecule has 0 amide bonds. The van der Waals surface area contributed by atoms with Gasteiger partial charge in [-0.2, -0.15) is 0 Å². The molecule has 0 bridgehead atoms. The van der Waals surface area contributed by atoms with Crippen molar-refractivity contribution >= 4 is 81.1 Å². The first-order valence-corrected chi connectivity index (χ1v) is 28.6. The second-order valence-electron chi connectivity index (χ2n) is 9.28. The Morgan fingerprint density at radius 1 is 0.542 bits per heavy atom. The van der Waals surface area contributed by atoms with Crippen LogP contribution in [0.2, 0.25) is 75.9 Å². The van der Waals surface area contributed by atoms with E-state index in [1.165, 1.54) is 0 Å². The van der Waals surface area contributed by atoms with Gasteiger partial charge in [0.15, 0.2) is 25.0 Å². The highest BCUT2D eigenvalue weighted by Gasteiger charge is 2.58. The minimum atomic E-state index is -2.14. The van der Waals surface area contributed by atoms with E-state index in [-0.39, 0.29) is 0 Å². The molecule has 1 heterocycles. The molecule has 1 fully saturated rings. The van der Waals surface area contributed by atoms with Gasteiger partial charge in [-0.05, 0) is 75.9 Å². The molecule has 0 saturated carbocycles. The Labute approximate surface area is 168 Å². The Kier molecular flexibility index (Phi) is 7.50. The van der Waals surface area contributed by atoms with Crippen LogP contribution in [0.5, 0.6) is 0 Å². The highest BCUT2D eigenvalue weighted by molar-refractivity contribution is 7.24. The molecule has 24 heavy (non-hydrogen) atoms. The fourth-order valence-corrected chi connectivity index (χ4v) is 53.1. The Balaban J connectivity index is 3.20. The van der Waals surface area contributed by atoms with Gasteiger partial charge in [-0.25, -0.2) is 0 Å². The molecule has 1 saturated heterocycles. The number of hydrogen-bond donors (Lipinski definition) is 0. The van der Waals surface area contributed by atoms with Crippen molar-refractivity contribution in [2.45, 2.75) is 75.9 Å². The maximum atomic E-state index is 6.58. The first-order valence-electron chi connectivity index (χ1n) is 8.41.